The molecule has 1 atom stereocenters. The first-order valence-electron chi connectivity index (χ1n) is 7.05. The zero-order valence-corrected chi connectivity index (χ0v) is 12.5. The highest BCUT2D eigenvalue weighted by molar-refractivity contribution is 7.99. The summed E-state index contributed by atoms with van der Waals surface area (Å²) in [6.07, 6.45) is 6.33. The zero-order valence-electron chi connectivity index (χ0n) is 11.7. The van der Waals surface area contributed by atoms with E-state index in [1.807, 2.05) is 34.7 Å². The maximum atomic E-state index is 12.0. The second-order valence-electron chi connectivity index (χ2n) is 4.93. The van der Waals surface area contributed by atoms with Gasteiger partial charge < -0.3 is 15.2 Å². The van der Waals surface area contributed by atoms with Crippen molar-refractivity contribution < 1.29 is 4.79 Å². The number of imidazole rings is 1. The number of hydrogen-bond acceptors (Lipinski definition) is 3. The molecule has 6 heteroatoms. The van der Waals surface area contributed by atoms with E-state index in [0.29, 0.717) is 6.54 Å². The minimum absolute atomic E-state index is 0.107. The van der Waals surface area contributed by atoms with E-state index in [0.717, 1.165) is 18.7 Å². The van der Waals surface area contributed by atoms with Crippen molar-refractivity contribution in [2.75, 3.05) is 12.3 Å². The van der Waals surface area contributed by atoms with Gasteiger partial charge in [-0.1, -0.05) is 18.2 Å². The van der Waals surface area contributed by atoms with Crippen LogP contribution in [0.4, 0.5) is 4.79 Å². The quantitative estimate of drug-likeness (QED) is 0.912. The van der Waals surface area contributed by atoms with E-state index in [1.54, 1.807) is 12.5 Å². The smallest absolute Gasteiger partial charge is 0.315 e. The fourth-order valence-corrected chi connectivity index (χ4v) is 3.54. The van der Waals surface area contributed by atoms with Crippen molar-refractivity contribution in [3.8, 4) is 0 Å². The van der Waals surface area contributed by atoms with E-state index in [2.05, 4.69) is 27.8 Å². The number of rotatable bonds is 4. The van der Waals surface area contributed by atoms with Crippen molar-refractivity contribution in [2.45, 2.75) is 23.9 Å². The number of thioether (sulfide) groups is 1. The second kappa shape index (κ2) is 6.67. The van der Waals surface area contributed by atoms with Gasteiger partial charge in [0.05, 0.1) is 12.4 Å². The Labute approximate surface area is 128 Å². The molecular formula is C15H18N4OS. The number of carbonyl (C=O) groups excluding carboxylic acids is 1. The summed E-state index contributed by atoms with van der Waals surface area (Å²) in [7, 11) is 0. The molecule has 0 radical (unpaired) electrons. The molecule has 0 spiro atoms. The maximum absolute atomic E-state index is 12.0. The number of carbonyl (C=O) groups is 1. The minimum atomic E-state index is -0.109. The Morgan fingerprint density at radius 2 is 2.33 bits per heavy atom. The van der Waals surface area contributed by atoms with Gasteiger partial charge in [0, 0.05) is 36.1 Å². The molecule has 1 unspecified atom stereocenters. The number of hydrogen-bond donors (Lipinski definition) is 2. The molecule has 2 aromatic rings. The van der Waals surface area contributed by atoms with Gasteiger partial charge in [0.1, 0.15) is 0 Å². The molecule has 0 aliphatic carbocycles. The lowest BCUT2D eigenvalue weighted by molar-refractivity contribution is 0.236. The summed E-state index contributed by atoms with van der Waals surface area (Å²) < 4.78 is 1.94. The fourth-order valence-electron chi connectivity index (χ4n) is 2.42. The van der Waals surface area contributed by atoms with Crippen molar-refractivity contribution >= 4 is 17.8 Å². The molecule has 3 rings (SSSR count). The van der Waals surface area contributed by atoms with Crippen molar-refractivity contribution in [1.29, 1.82) is 0 Å². The van der Waals surface area contributed by atoms with Crippen LogP contribution in [0, 0.1) is 0 Å². The normalized spacial score (nSPS) is 17.0. The van der Waals surface area contributed by atoms with E-state index < -0.39 is 0 Å². The Hall–Kier alpha value is -1.95. The standard InChI is InChI=1S/C15H18N4OS/c20-15(17-7-9-19-8-6-16-11-19)18-13-5-10-21-14-4-2-1-3-12(13)14/h1-4,6,8,11,13H,5,7,9-10H2,(H2,17,18,20). The number of aromatic nitrogens is 2. The first-order chi connectivity index (χ1) is 10.3. The highest BCUT2D eigenvalue weighted by Gasteiger charge is 2.21. The molecule has 0 saturated carbocycles. The number of urea groups is 1. The van der Waals surface area contributed by atoms with E-state index in [-0.39, 0.29) is 12.1 Å². The van der Waals surface area contributed by atoms with E-state index in [4.69, 9.17) is 0 Å². The molecule has 21 heavy (non-hydrogen) atoms. The highest BCUT2D eigenvalue weighted by atomic mass is 32.2. The van der Waals surface area contributed by atoms with Crippen LogP contribution in [0.25, 0.3) is 0 Å². The van der Waals surface area contributed by atoms with Crippen LogP contribution >= 0.6 is 11.8 Å². The van der Waals surface area contributed by atoms with Crippen LogP contribution in [0.3, 0.4) is 0 Å². The summed E-state index contributed by atoms with van der Waals surface area (Å²) in [5, 5.41) is 5.96. The van der Waals surface area contributed by atoms with Gasteiger partial charge in [-0.15, -0.1) is 11.8 Å². The van der Waals surface area contributed by atoms with Crippen LogP contribution in [0.2, 0.25) is 0 Å². The third-order valence-electron chi connectivity index (χ3n) is 3.48. The molecule has 5 nitrogen and oxygen atoms in total. The van der Waals surface area contributed by atoms with Gasteiger partial charge in [-0.2, -0.15) is 0 Å². The van der Waals surface area contributed by atoms with E-state index >= 15 is 0 Å². The number of benzene rings is 1. The van der Waals surface area contributed by atoms with Gasteiger partial charge in [0.25, 0.3) is 0 Å². The molecule has 1 aliphatic heterocycles. The monoisotopic (exact) mass is 302 g/mol. The third kappa shape index (κ3) is 3.58. The van der Waals surface area contributed by atoms with Gasteiger partial charge in [-0.25, -0.2) is 9.78 Å². The van der Waals surface area contributed by atoms with Gasteiger partial charge in [0.15, 0.2) is 0 Å². The SMILES string of the molecule is O=C(NCCn1ccnc1)NC1CCSc2ccccc21. The lowest BCUT2D eigenvalue weighted by Gasteiger charge is -2.25. The zero-order chi connectivity index (χ0) is 14.5. The maximum Gasteiger partial charge on any atom is 0.315 e. The molecule has 0 bridgehead atoms. The molecule has 1 aromatic carbocycles. The van der Waals surface area contributed by atoms with Gasteiger partial charge >= 0.3 is 6.03 Å². The Kier molecular flexibility index (Phi) is 4.45. The molecule has 1 aromatic heterocycles. The van der Waals surface area contributed by atoms with Crippen molar-refractivity contribution in [1.82, 2.24) is 20.2 Å². The second-order valence-corrected chi connectivity index (χ2v) is 6.07. The van der Waals surface area contributed by atoms with Crippen molar-refractivity contribution in [3.63, 3.8) is 0 Å². The topological polar surface area (TPSA) is 59.0 Å². The van der Waals surface area contributed by atoms with E-state index in [9.17, 15) is 4.79 Å². The first kappa shape index (κ1) is 14.0. The predicted molar refractivity (Wildman–Crippen MR) is 83.3 cm³/mol. The van der Waals surface area contributed by atoms with Crippen molar-refractivity contribution in [2.24, 2.45) is 0 Å². The average molecular weight is 302 g/mol. The molecule has 0 saturated heterocycles. The highest BCUT2D eigenvalue weighted by Crippen LogP contribution is 2.35. The minimum Gasteiger partial charge on any atom is -0.336 e. The lowest BCUT2D eigenvalue weighted by Crippen LogP contribution is -2.40. The Balaban J connectivity index is 1.51. The Morgan fingerprint density at radius 3 is 3.19 bits per heavy atom. The van der Waals surface area contributed by atoms with Crippen LogP contribution in [0.1, 0.15) is 18.0 Å². The Morgan fingerprint density at radius 1 is 1.43 bits per heavy atom. The Bertz CT molecular complexity index is 599. The van der Waals surface area contributed by atoms with Crippen LogP contribution in [-0.2, 0) is 6.54 Å². The molecule has 2 heterocycles. The summed E-state index contributed by atoms with van der Waals surface area (Å²) in [4.78, 5) is 17.2. The number of fused-ring (bicyclic) bond motifs is 1. The molecule has 2 amide bonds. The summed E-state index contributed by atoms with van der Waals surface area (Å²) >= 11 is 1.85. The lowest BCUT2D eigenvalue weighted by atomic mass is 10.0. The van der Waals surface area contributed by atoms with Gasteiger partial charge in [-0.05, 0) is 18.1 Å². The molecule has 1 aliphatic rings. The third-order valence-corrected chi connectivity index (χ3v) is 4.60. The number of nitrogens with zero attached hydrogens (tertiary/aromatic N) is 2. The molecular weight excluding hydrogens is 284 g/mol. The molecule has 110 valence electrons. The summed E-state index contributed by atoms with van der Waals surface area (Å²) in [6, 6.07) is 8.27. The molecule has 2 N–H and O–H groups in total. The van der Waals surface area contributed by atoms with Crippen LogP contribution in [0.15, 0.2) is 47.9 Å². The summed E-state index contributed by atoms with van der Waals surface area (Å²) in [5.41, 5.74) is 1.22. The average Bonchev–Trinajstić information content (AvgIpc) is 3.01. The summed E-state index contributed by atoms with van der Waals surface area (Å²) in [5.74, 6) is 1.04. The summed E-state index contributed by atoms with van der Waals surface area (Å²) in [6.45, 7) is 1.32. The van der Waals surface area contributed by atoms with Crippen LogP contribution < -0.4 is 10.6 Å². The van der Waals surface area contributed by atoms with Crippen molar-refractivity contribution in [3.05, 3.63) is 48.5 Å². The van der Waals surface area contributed by atoms with Crippen LogP contribution in [0.5, 0.6) is 0 Å². The van der Waals surface area contributed by atoms with Gasteiger partial charge in [-0.3, -0.25) is 0 Å². The molecule has 0 fully saturated rings. The number of nitrogens with one attached hydrogen (secondary N) is 2. The van der Waals surface area contributed by atoms with E-state index in [1.165, 1.54) is 10.5 Å². The number of amides is 2. The van der Waals surface area contributed by atoms with Gasteiger partial charge in [0.2, 0.25) is 0 Å². The van der Waals surface area contributed by atoms with Crippen LogP contribution in [-0.4, -0.2) is 27.9 Å². The largest absolute Gasteiger partial charge is 0.336 e. The predicted octanol–water partition coefficient (Wildman–Crippen LogP) is 2.42. The fraction of sp³-hybridized carbons (Fsp3) is 0.333. The first-order valence-corrected chi connectivity index (χ1v) is 8.03.